The molecule has 1 aromatic carbocycles. The minimum absolute atomic E-state index is 0.316. The molecule has 0 unspecified atom stereocenters. The lowest BCUT2D eigenvalue weighted by Gasteiger charge is -2.19. The monoisotopic (exact) mass is 296 g/mol. The van der Waals surface area contributed by atoms with E-state index in [9.17, 15) is 5.11 Å². The van der Waals surface area contributed by atoms with Crippen molar-refractivity contribution in [2.75, 3.05) is 33.2 Å². The zero-order chi connectivity index (χ0) is 14.7. The van der Waals surface area contributed by atoms with Gasteiger partial charge in [0, 0.05) is 43.3 Å². The molecule has 0 radical (unpaired) electrons. The molecule has 112 valence electrons. The first-order chi connectivity index (χ1) is 9.61. The van der Waals surface area contributed by atoms with E-state index in [0.29, 0.717) is 10.8 Å². The first-order valence-corrected chi connectivity index (χ1v) is 7.88. The van der Waals surface area contributed by atoms with E-state index in [4.69, 9.17) is 11.6 Å². The summed E-state index contributed by atoms with van der Waals surface area (Å²) in [6, 6.07) is 5.40. The van der Waals surface area contributed by atoms with E-state index in [1.807, 2.05) is 26.0 Å². The van der Waals surface area contributed by atoms with Gasteiger partial charge in [0.15, 0.2) is 0 Å². The third-order valence-corrected chi connectivity index (χ3v) is 4.42. The van der Waals surface area contributed by atoms with Crippen LogP contribution in [0.5, 0.6) is 5.75 Å². The lowest BCUT2D eigenvalue weighted by atomic mass is 10.0. The molecule has 0 aromatic heterocycles. The van der Waals surface area contributed by atoms with Crippen molar-refractivity contribution in [3.8, 4) is 5.75 Å². The summed E-state index contributed by atoms with van der Waals surface area (Å²) in [6.07, 6.45) is 0. The maximum atomic E-state index is 9.88. The van der Waals surface area contributed by atoms with E-state index in [-0.39, 0.29) is 0 Å². The molecule has 0 aliphatic carbocycles. The quantitative estimate of drug-likeness (QED) is 0.908. The molecule has 2 aliphatic heterocycles. The fraction of sp³-hybridized carbons (Fsp3) is 0.625. The van der Waals surface area contributed by atoms with Gasteiger partial charge in [-0.15, -0.1) is 0 Å². The van der Waals surface area contributed by atoms with Gasteiger partial charge in [0.1, 0.15) is 5.75 Å². The average Bonchev–Trinajstić information content (AvgIpc) is 2.92. The molecule has 2 saturated heterocycles. The van der Waals surface area contributed by atoms with Crippen LogP contribution in [0.25, 0.3) is 0 Å². The summed E-state index contributed by atoms with van der Waals surface area (Å²) < 4.78 is 0. The van der Waals surface area contributed by atoms with E-state index in [0.717, 1.165) is 37.0 Å². The van der Waals surface area contributed by atoms with Crippen molar-refractivity contribution in [1.82, 2.24) is 9.80 Å². The molecule has 0 spiro atoms. The Morgan fingerprint density at radius 1 is 1.15 bits per heavy atom. The van der Waals surface area contributed by atoms with Crippen LogP contribution in [0.3, 0.4) is 0 Å². The molecule has 4 heteroatoms. The number of likely N-dealkylation sites (tertiary alicyclic amines) is 2. The Balaban J connectivity index is 0.000000704. The van der Waals surface area contributed by atoms with Crippen molar-refractivity contribution in [3.63, 3.8) is 0 Å². The van der Waals surface area contributed by atoms with E-state index >= 15 is 0 Å². The number of hydrogen-bond donors (Lipinski definition) is 1. The van der Waals surface area contributed by atoms with Gasteiger partial charge in [-0.2, -0.15) is 0 Å². The summed E-state index contributed by atoms with van der Waals surface area (Å²) in [5, 5.41) is 10.5. The minimum Gasteiger partial charge on any atom is -0.508 e. The SMILES string of the molecule is CC.CN1C[C@@H]2CN(Cc3ccc(Cl)cc3O)C[C@@H]2C1. The third kappa shape index (κ3) is 3.46. The highest BCUT2D eigenvalue weighted by Crippen LogP contribution is 2.32. The van der Waals surface area contributed by atoms with Crippen molar-refractivity contribution in [3.05, 3.63) is 28.8 Å². The molecular formula is C16H25ClN2O. The number of nitrogens with zero attached hydrogens (tertiary/aromatic N) is 2. The van der Waals surface area contributed by atoms with Gasteiger partial charge in [-0.1, -0.05) is 31.5 Å². The van der Waals surface area contributed by atoms with Gasteiger partial charge in [-0.25, -0.2) is 0 Å². The zero-order valence-corrected chi connectivity index (χ0v) is 13.4. The summed E-state index contributed by atoms with van der Waals surface area (Å²) in [6.45, 7) is 9.56. The van der Waals surface area contributed by atoms with Crippen molar-refractivity contribution >= 4 is 11.6 Å². The Bertz CT molecular complexity index is 438. The van der Waals surface area contributed by atoms with Crippen LogP contribution in [-0.2, 0) is 6.54 Å². The van der Waals surface area contributed by atoms with Crippen LogP contribution in [0.1, 0.15) is 19.4 Å². The van der Waals surface area contributed by atoms with Crippen LogP contribution in [-0.4, -0.2) is 48.1 Å². The van der Waals surface area contributed by atoms with Crippen molar-refractivity contribution in [2.24, 2.45) is 11.8 Å². The van der Waals surface area contributed by atoms with Crippen LogP contribution in [0.2, 0.25) is 5.02 Å². The molecule has 1 aromatic rings. The Hall–Kier alpha value is -0.770. The van der Waals surface area contributed by atoms with Gasteiger partial charge in [0.05, 0.1) is 0 Å². The van der Waals surface area contributed by atoms with Gasteiger partial charge in [0.25, 0.3) is 0 Å². The molecule has 3 nitrogen and oxygen atoms in total. The lowest BCUT2D eigenvalue weighted by molar-refractivity contribution is 0.269. The molecule has 3 rings (SSSR count). The zero-order valence-electron chi connectivity index (χ0n) is 12.6. The van der Waals surface area contributed by atoms with Crippen molar-refractivity contribution in [2.45, 2.75) is 20.4 Å². The van der Waals surface area contributed by atoms with Gasteiger partial charge >= 0.3 is 0 Å². The minimum atomic E-state index is 0.316. The highest BCUT2D eigenvalue weighted by atomic mass is 35.5. The summed E-state index contributed by atoms with van der Waals surface area (Å²) >= 11 is 5.85. The van der Waals surface area contributed by atoms with Gasteiger partial charge in [-0.05, 0) is 31.0 Å². The van der Waals surface area contributed by atoms with E-state index in [1.54, 1.807) is 6.07 Å². The Labute approximate surface area is 127 Å². The predicted molar refractivity (Wildman–Crippen MR) is 84.2 cm³/mol. The highest BCUT2D eigenvalue weighted by Gasteiger charge is 2.38. The second kappa shape index (κ2) is 6.79. The van der Waals surface area contributed by atoms with Crippen molar-refractivity contribution in [1.29, 1.82) is 0 Å². The van der Waals surface area contributed by atoms with Gasteiger partial charge in [-0.3, -0.25) is 4.90 Å². The Morgan fingerprint density at radius 3 is 2.30 bits per heavy atom. The van der Waals surface area contributed by atoms with E-state index in [2.05, 4.69) is 16.8 Å². The van der Waals surface area contributed by atoms with Crippen LogP contribution in [0.15, 0.2) is 18.2 Å². The number of rotatable bonds is 2. The number of hydrogen-bond acceptors (Lipinski definition) is 3. The number of aromatic hydroxyl groups is 1. The fourth-order valence-corrected chi connectivity index (χ4v) is 3.53. The largest absolute Gasteiger partial charge is 0.508 e. The molecule has 20 heavy (non-hydrogen) atoms. The van der Waals surface area contributed by atoms with E-state index < -0.39 is 0 Å². The number of benzene rings is 1. The highest BCUT2D eigenvalue weighted by molar-refractivity contribution is 6.30. The molecule has 2 aliphatic rings. The van der Waals surface area contributed by atoms with Crippen LogP contribution >= 0.6 is 11.6 Å². The Kier molecular flexibility index (Phi) is 5.30. The third-order valence-electron chi connectivity index (χ3n) is 4.19. The maximum absolute atomic E-state index is 9.88. The maximum Gasteiger partial charge on any atom is 0.121 e. The van der Waals surface area contributed by atoms with Gasteiger partial charge < -0.3 is 10.0 Å². The topological polar surface area (TPSA) is 26.7 Å². The molecule has 2 heterocycles. The second-order valence-electron chi connectivity index (χ2n) is 5.71. The molecule has 0 saturated carbocycles. The number of phenols is 1. The molecular weight excluding hydrogens is 272 g/mol. The van der Waals surface area contributed by atoms with Crippen molar-refractivity contribution < 1.29 is 5.11 Å². The Morgan fingerprint density at radius 2 is 1.75 bits per heavy atom. The van der Waals surface area contributed by atoms with Crippen LogP contribution in [0, 0.1) is 11.8 Å². The molecule has 2 fully saturated rings. The molecule has 1 N–H and O–H groups in total. The molecule has 0 bridgehead atoms. The second-order valence-corrected chi connectivity index (χ2v) is 6.14. The smallest absolute Gasteiger partial charge is 0.121 e. The van der Waals surface area contributed by atoms with E-state index in [1.165, 1.54) is 13.1 Å². The molecule has 0 amide bonds. The lowest BCUT2D eigenvalue weighted by Crippen LogP contribution is -2.26. The molecule has 2 atom stereocenters. The summed E-state index contributed by atoms with van der Waals surface area (Å²) in [7, 11) is 2.20. The number of fused-ring (bicyclic) bond motifs is 1. The predicted octanol–water partition coefficient (Wildman–Crippen LogP) is 3.07. The summed E-state index contributed by atoms with van der Waals surface area (Å²) in [4.78, 5) is 4.87. The van der Waals surface area contributed by atoms with Crippen LogP contribution in [0.4, 0.5) is 0 Å². The average molecular weight is 297 g/mol. The number of phenolic OH excluding ortho intramolecular Hbond substituents is 1. The standard InChI is InChI=1S/C14H19ClN2O.C2H6/c1-16-5-11-8-17(9-12(11)6-16)7-10-2-3-13(15)4-14(10)18;1-2/h2-4,11-12,18H,5-9H2,1H3;1-2H3/t11-,12+;. The first-order valence-electron chi connectivity index (χ1n) is 7.50. The normalized spacial score (nSPS) is 26.2. The van der Waals surface area contributed by atoms with Crippen LogP contribution < -0.4 is 0 Å². The van der Waals surface area contributed by atoms with Gasteiger partial charge in [0.2, 0.25) is 0 Å². The number of halogens is 1. The summed E-state index contributed by atoms with van der Waals surface area (Å²) in [5.41, 5.74) is 0.979. The first kappa shape index (κ1) is 15.6. The fourth-order valence-electron chi connectivity index (χ4n) is 3.37. The summed E-state index contributed by atoms with van der Waals surface area (Å²) in [5.74, 6) is 1.94.